The van der Waals surface area contributed by atoms with Crippen LogP contribution in [0.4, 0.5) is 0 Å². The monoisotopic (exact) mass is 526 g/mol. The van der Waals surface area contributed by atoms with Gasteiger partial charge in [0, 0.05) is 0 Å². The number of hydrogen-bond donors (Lipinski definition) is 0. The summed E-state index contributed by atoms with van der Waals surface area (Å²) in [5.74, 6) is -1.18. The molecule has 0 saturated carbocycles. The molecule has 2 heterocycles. The van der Waals surface area contributed by atoms with Crippen molar-refractivity contribution >= 4 is 75.7 Å². The van der Waals surface area contributed by atoms with E-state index in [1.165, 1.54) is 14.2 Å². The van der Waals surface area contributed by atoms with Crippen LogP contribution in [-0.4, -0.2) is 56.7 Å². The molecular weight excluding hydrogens is 520 g/mol. The Balaban J connectivity index is 2.56. The molecule has 0 N–H and O–H groups in total. The minimum atomic E-state index is -1.36. The number of carbonyl (C=O) groups is 2. The predicted molar refractivity (Wildman–Crippen MR) is 81.4 cm³/mol. The second-order valence-corrected chi connectivity index (χ2v) is 8.89. The van der Waals surface area contributed by atoms with Crippen molar-refractivity contribution in [1.82, 2.24) is 0 Å². The largest absolute Gasteiger partial charge is 0.468 e. The van der Waals surface area contributed by atoms with Gasteiger partial charge in [0.15, 0.2) is 8.65 Å². The number of halogens is 4. The first-order valence-electron chi connectivity index (χ1n) is 5.25. The summed E-state index contributed by atoms with van der Waals surface area (Å²) >= 11 is 13.7. The lowest BCUT2D eigenvalue weighted by Gasteiger charge is -2.42. The van der Waals surface area contributed by atoms with E-state index in [-0.39, 0.29) is 9.65 Å². The van der Waals surface area contributed by atoms with E-state index < -0.39 is 32.8 Å². The van der Waals surface area contributed by atoms with Crippen molar-refractivity contribution in [3.8, 4) is 0 Å². The summed E-state index contributed by atoms with van der Waals surface area (Å²) in [5, 5.41) is 0. The van der Waals surface area contributed by atoms with E-state index in [4.69, 9.17) is 14.2 Å². The molecule has 9 heteroatoms. The van der Waals surface area contributed by atoms with Crippen LogP contribution in [-0.2, 0) is 23.8 Å². The number of ether oxygens (including phenoxy) is 3. The summed E-state index contributed by atoms with van der Waals surface area (Å²) < 4.78 is 12.7. The molecule has 108 valence electrons. The Morgan fingerprint density at radius 1 is 0.947 bits per heavy atom. The minimum absolute atomic E-state index is 0.147. The summed E-state index contributed by atoms with van der Waals surface area (Å²) in [6.45, 7) is 0. The summed E-state index contributed by atoms with van der Waals surface area (Å²) in [6, 6.07) is 0. The highest BCUT2D eigenvalue weighted by Gasteiger charge is 2.80. The number of rotatable bonds is 2. The topological polar surface area (TPSA) is 61.8 Å². The summed E-state index contributed by atoms with van der Waals surface area (Å²) in [4.78, 5) is 24.1. The number of carbonyl (C=O) groups excluding carboxylic acids is 2. The van der Waals surface area contributed by atoms with Crippen molar-refractivity contribution in [2.24, 2.45) is 0 Å². The van der Waals surface area contributed by atoms with Gasteiger partial charge in [0.25, 0.3) is 0 Å². The lowest BCUT2D eigenvalue weighted by molar-refractivity contribution is -0.152. The zero-order chi connectivity index (χ0) is 14.6. The Kier molecular flexibility index (Phi) is 4.45. The number of hydrogen-bond acceptors (Lipinski definition) is 5. The van der Waals surface area contributed by atoms with Crippen molar-refractivity contribution in [1.29, 1.82) is 0 Å². The molecule has 2 saturated heterocycles. The van der Waals surface area contributed by atoms with Gasteiger partial charge in [0.2, 0.25) is 0 Å². The molecule has 0 spiro atoms. The van der Waals surface area contributed by atoms with Gasteiger partial charge < -0.3 is 14.2 Å². The average Bonchev–Trinajstić information content (AvgIpc) is 2.83. The number of alkyl halides is 4. The normalized spacial score (nSPS) is 48.1. The number of methoxy groups -OCH3 is 2. The second kappa shape index (κ2) is 5.23. The van der Waals surface area contributed by atoms with Crippen LogP contribution >= 0.6 is 63.7 Å². The van der Waals surface area contributed by atoms with Crippen LogP contribution in [0.3, 0.4) is 0 Å². The highest BCUT2D eigenvalue weighted by Crippen LogP contribution is 2.61. The first-order chi connectivity index (χ1) is 8.76. The fraction of sp³-hybridized carbons (Fsp3) is 0.800. The lowest BCUT2D eigenvalue weighted by atomic mass is 9.78. The van der Waals surface area contributed by atoms with E-state index in [1.807, 2.05) is 0 Å². The van der Waals surface area contributed by atoms with E-state index in [9.17, 15) is 9.59 Å². The van der Waals surface area contributed by atoms with Gasteiger partial charge in [-0.3, -0.25) is 9.59 Å². The van der Waals surface area contributed by atoms with Crippen molar-refractivity contribution in [3.05, 3.63) is 0 Å². The molecule has 5 nitrogen and oxygen atoms in total. The van der Waals surface area contributed by atoms with Gasteiger partial charge in [0.05, 0.1) is 36.1 Å². The number of esters is 2. The summed E-state index contributed by atoms with van der Waals surface area (Å²) in [6.07, 6.45) is -1.15. The Morgan fingerprint density at radius 3 is 1.53 bits per heavy atom. The average molecular weight is 530 g/mol. The molecule has 0 unspecified atom stereocenters. The lowest BCUT2D eigenvalue weighted by Crippen LogP contribution is -2.67. The van der Waals surface area contributed by atoms with Crippen molar-refractivity contribution < 1.29 is 23.8 Å². The third-order valence-corrected chi connectivity index (χ3v) is 9.60. The van der Waals surface area contributed by atoms with Gasteiger partial charge >= 0.3 is 11.9 Å². The van der Waals surface area contributed by atoms with E-state index >= 15 is 0 Å². The van der Waals surface area contributed by atoms with E-state index in [0.717, 1.165) is 0 Å². The van der Waals surface area contributed by atoms with E-state index in [1.54, 1.807) is 0 Å². The van der Waals surface area contributed by atoms with Crippen LogP contribution < -0.4 is 0 Å². The smallest absolute Gasteiger partial charge is 0.327 e. The van der Waals surface area contributed by atoms with Gasteiger partial charge in [-0.25, -0.2) is 0 Å². The molecule has 0 aromatic heterocycles. The molecule has 0 amide bonds. The molecule has 2 aliphatic rings. The Hall–Kier alpha value is 0.820. The number of fused-ring (bicyclic) bond motifs is 2. The maximum Gasteiger partial charge on any atom is 0.327 e. The molecule has 0 aromatic carbocycles. The fourth-order valence-corrected chi connectivity index (χ4v) is 6.70. The first-order valence-corrected chi connectivity index (χ1v) is 8.66. The standard InChI is InChI=1S/C10H10Br4O5/c1-17-7(15)9(13)5-3(11)4(12)6(19-5)10(9,14)8(16)18-2/h3-6H,1-2H3/t3-,4+,5-,6-,9+,10+/m0/s1. The minimum Gasteiger partial charge on any atom is -0.468 e. The third kappa shape index (κ3) is 1.84. The molecule has 2 rings (SSSR count). The van der Waals surface area contributed by atoms with E-state index in [0.29, 0.717) is 0 Å². The molecule has 2 aliphatic heterocycles. The van der Waals surface area contributed by atoms with Gasteiger partial charge in [-0.2, -0.15) is 0 Å². The van der Waals surface area contributed by atoms with Crippen LogP contribution in [0.25, 0.3) is 0 Å². The molecule has 6 atom stereocenters. The molecule has 0 aliphatic carbocycles. The van der Waals surface area contributed by atoms with Crippen molar-refractivity contribution in [2.75, 3.05) is 14.2 Å². The summed E-state index contributed by atoms with van der Waals surface area (Å²) in [7, 11) is 2.52. The zero-order valence-corrected chi connectivity index (χ0v) is 16.2. The Bertz CT molecular complexity index is 394. The molecule has 0 aromatic rings. The Morgan fingerprint density at radius 2 is 1.26 bits per heavy atom. The predicted octanol–water partition coefficient (Wildman–Crippen LogP) is 1.91. The maximum absolute atomic E-state index is 12.2. The third-order valence-electron chi connectivity index (χ3n) is 3.45. The zero-order valence-electron chi connectivity index (χ0n) is 9.86. The van der Waals surface area contributed by atoms with Crippen molar-refractivity contribution in [3.63, 3.8) is 0 Å². The molecule has 2 bridgehead atoms. The second-order valence-electron chi connectivity index (χ2n) is 4.27. The van der Waals surface area contributed by atoms with Crippen LogP contribution in [0.5, 0.6) is 0 Å². The Labute approximate surface area is 143 Å². The van der Waals surface area contributed by atoms with Gasteiger partial charge in [0.1, 0.15) is 0 Å². The van der Waals surface area contributed by atoms with Crippen molar-refractivity contribution in [2.45, 2.75) is 30.5 Å². The fourth-order valence-electron chi connectivity index (χ4n) is 2.51. The van der Waals surface area contributed by atoms with Gasteiger partial charge in [-0.05, 0) is 0 Å². The summed E-state index contributed by atoms with van der Waals surface area (Å²) in [5.41, 5.74) is 0. The molecule has 2 fully saturated rings. The van der Waals surface area contributed by atoms with Crippen LogP contribution in [0.15, 0.2) is 0 Å². The maximum atomic E-state index is 12.2. The van der Waals surface area contributed by atoms with Crippen LogP contribution in [0.1, 0.15) is 0 Å². The molecule has 0 radical (unpaired) electrons. The quantitative estimate of drug-likeness (QED) is 0.404. The van der Waals surface area contributed by atoms with Crippen LogP contribution in [0, 0.1) is 0 Å². The highest BCUT2D eigenvalue weighted by molar-refractivity contribution is 9.14. The van der Waals surface area contributed by atoms with Crippen LogP contribution in [0.2, 0.25) is 0 Å². The van der Waals surface area contributed by atoms with Gasteiger partial charge in [-0.1, -0.05) is 63.7 Å². The SMILES string of the molecule is COC(=O)[C@]1(Br)[C@H]2O[C@@H]([C@@H](Br)[C@H]2Br)[C@@]1(Br)C(=O)OC. The van der Waals surface area contributed by atoms with E-state index in [2.05, 4.69) is 63.7 Å². The van der Waals surface area contributed by atoms with Gasteiger partial charge in [-0.15, -0.1) is 0 Å². The molecule has 19 heavy (non-hydrogen) atoms. The molecular formula is C10H10Br4O5. The first kappa shape index (κ1) is 16.2. The highest BCUT2D eigenvalue weighted by atomic mass is 79.9.